The first-order chi connectivity index (χ1) is 18.2. The Hall–Kier alpha value is -2.70. The number of aryl methyl sites for hydroxylation is 1. The number of imidazole rings is 1. The average Bonchev–Trinajstić information content (AvgIpc) is 3.38. The molecule has 3 aliphatic rings. The van der Waals surface area contributed by atoms with E-state index in [1.165, 1.54) is 36.8 Å². The van der Waals surface area contributed by atoms with Gasteiger partial charge in [0.2, 0.25) is 0 Å². The Balaban J connectivity index is 1.17. The summed E-state index contributed by atoms with van der Waals surface area (Å²) in [6, 6.07) is 21.3. The quantitative estimate of drug-likeness (QED) is 0.489. The highest BCUT2D eigenvalue weighted by Crippen LogP contribution is 2.45. The molecule has 6 rings (SSSR count). The van der Waals surface area contributed by atoms with Gasteiger partial charge in [0.05, 0.1) is 11.0 Å². The number of aromatic nitrogens is 2. The lowest BCUT2D eigenvalue weighted by Crippen LogP contribution is -2.52. The summed E-state index contributed by atoms with van der Waals surface area (Å²) < 4.78 is 2.51. The van der Waals surface area contributed by atoms with Crippen LogP contribution in [0.2, 0.25) is 0 Å². The van der Waals surface area contributed by atoms with E-state index in [1.807, 2.05) is 4.90 Å². The van der Waals surface area contributed by atoms with Crippen LogP contribution < -0.4 is 0 Å². The molecule has 6 nitrogen and oxygen atoms in total. The number of benzene rings is 2. The summed E-state index contributed by atoms with van der Waals surface area (Å²) in [5, 5.41) is 10.3. The number of carbonyl (C=O) groups is 1. The molecule has 0 spiro atoms. The Labute approximate surface area is 226 Å². The number of amides is 1. The van der Waals surface area contributed by atoms with Gasteiger partial charge in [0.15, 0.2) is 0 Å². The third-order valence-electron chi connectivity index (χ3n) is 9.76. The fourth-order valence-corrected chi connectivity index (χ4v) is 7.79. The van der Waals surface area contributed by atoms with E-state index < -0.39 is 5.60 Å². The normalized spacial score (nSPS) is 25.7. The van der Waals surface area contributed by atoms with Gasteiger partial charge in [-0.05, 0) is 95.4 Å². The third-order valence-corrected chi connectivity index (χ3v) is 9.76. The summed E-state index contributed by atoms with van der Waals surface area (Å²) in [4.78, 5) is 22.3. The summed E-state index contributed by atoms with van der Waals surface area (Å²) in [5.41, 5.74) is 2.55. The van der Waals surface area contributed by atoms with Gasteiger partial charge < -0.3 is 14.6 Å². The van der Waals surface area contributed by atoms with Crippen LogP contribution >= 0.6 is 0 Å². The number of fused-ring (bicyclic) bond motifs is 3. The number of piperidine rings is 2. The number of para-hydroxylation sites is 2. The van der Waals surface area contributed by atoms with Crippen LogP contribution in [0, 0.1) is 6.92 Å². The molecule has 2 bridgehead atoms. The predicted molar refractivity (Wildman–Crippen MR) is 151 cm³/mol. The molecule has 1 aromatic heterocycles. The topological polar surface area (TPSA) is 61.6 Å². The maximum atomic E-state index is 12.8. The number of nitrogens with zero attached hydrogens (tertiary/aromatic N) is 4. The Bertz CT molecular complexity index is 1270. The molecule has 6 heteroatoms. The van der Waals surface area contributed by atoms with Crippen molar-refractivity contribution < 1.29 is 9.90 Å². The fourth-order valence-electron chi connectivity index (χ4n) is 7.79. The Morgan fingerprint density at radius 2 is 1.61 bits per heavy atom. The van der Waals surface area contributed by atoms with Gasteiger partial charge in [0, 0.05) is 31.2 Å². The first-order valence-electron chi connectivity index (χ1n) is 14.5. The molecule has 3 atom stereocenters. The fraction of sp³-hybridized carbons (Fsp3) is 0.562. The summed E-state index contributed by atoms with van der Waals surface area (Å²) in [7, 11) is 0. The van der Waals surface area contributed by atoms with E-state index in [0.29, 0.717) is 31.2 Å². The van der Waals surface area contributed by atoms with Crippen LogP contribution in [-0.2, 0) is 10.2 Å². The van der Waals surface area contributed by atoms with Gasteiger partial charge in [0.25, 0.3) is 5.91 Å². The standard InChI is InChI=1S/C32H42N4O2/c1-23-33-28-11-7-8-12-29(28)36(23)27-21-25-13-14-26(22-27)35(25)20-17-32(24-9-5-4-6-10-24)15-18-34(19-16-32)30(37)31(2,3)38/h4-12,25-27,38H,13-22H2,1-3H3/t25-,26+,27?. The largest absolute Gasteiger partial charge is 0.381 e. The van der Waals surface area contributed by atoms with Crippen LogP contribution in [0.3, 0.4) is 0 Å². The van der Waals surface area contributed by atoms with Gasteiger partial charge in [-0.3, -0.25) is 9.69 Å². The van der Waals surface area contributed by atoms with Crippen LogP contribution in [0.1, 0.15) is 76.2 Å². The molecule has 1 unspecified atom stereocenters. The molecule has 1 N–H and O–H groups in total. The summed E-state index contributed by atoms with van der Waals surface area (Å²) in [6.45, 7) is 7.88. The molecule has 0 aliphatic carbocycles. The van der Waals surface area contributed by atoms with Gasteiger partial charge in [-0.1, -0.05) is 42.5 Å². The smallest absolute Gasteiger partial charge is 0.253 e. The van der Waals surface area contributed by atoms with Crippen LogP contribution in [0.4, 0.5) is 0 Å². The van der Waals surface area contributed by atoms with Crippen molar-refractivity contribution in [1.29, 1.82) is 0 Å². The minimum Gasteiger partial charge on any atom is -0.381 e. The van der Waals surface area contributed by atoms with Gasteiger partial charge >= 0.3 is 0 Å². The van der Waals surface area contributed by atoms with Gasteiger partial charge in [-0.2, -0.15) is 0 Å². The summed E-state index contributed by atoms with van der Waals surface area (Å²) in [6.07, 6.45) is 7.99. The Morgan fingerprint density at radius 3 is 2.26 bits per heavy atom. The van der Waals surface area contributed by atoms with Crippen LogP contribution in [0.15, 0.2) is 54.6 Å². The minimum absolute atomic E-state index is 0.0745. The predicted octanol–water partition coefficient (Wildman–Crippen LogP) is 5.23. The van der Waals surface area contributed by atoms with Crippen LogP contribution in [0.5, 0.6) is 0 Å². The molecule has 0 saturated carbocycles. The van der Waals surface area contributed by atoms with Crippen molar-refractivity contribution in [3.05, 3.63) is 66.0 Å². The zero-order valence-electron chi connectivity index (χ0n) is 23.1. The number of aliphatic hydroxyl groups is 1. The van der Waals surface area contributed by atoms with E-state index in [2.05, 4.69) is 71.0 Å². The van der Waals surface area contributed by atoms with Gasteiger partial charge in [-0.25, -0.2) is 4.98 Å². The van der Waals surface area contributed by atoms with E-state index in [0.717, 1.165) is 37.1 Å². The molecule has 202 valence electrons. The number of hydrogen-bond donors (Lipinski definition) is 1. The lowest BCUT2D eigenvalue weighted by atomic mass is 9.70. The number of rotatable bonds is 6. The van der Waals surface area contributed by atoms with E-state index in [-0.39, 0.29) is 11.3 Å². The molecule has 0 radical (unpaired) electrons. The molecule has 1 amide bonds. The van der Waals surface area contributed by atoms with Gasteiger partial charge in [-0.15, -0.1) is 0 Å². The van der Waals surface area contributed by atoms with Crippen molar-refractivity contribution in [2.24, 2.45) is 0 Å². The van der Waals surface area contributed by atoms with E-state index >= 15 is 0 Å². The van der Waals surface area contributed by atoms with Crippen LogP contribution in [-0.4, -0.2) is 67.7 Å². The summed E-state index contributed by atoms with van der Waals surface area (Å²) in [5.74, 6) is 0.987. The van der Waals surface area contributed by atoms with Crippen molar-refractivity contribution in [3.63, 3.8) is 0 Å². The highest BCUT2D eigenvalue weighted by Gasteiger charge is 2.44. The number of likely N-dealkylation sites (tertiary alicyclic amines) is 1. The molecule has 4 heterocycles. The monoisotopic (exact) mass is 514 g/mol. The number of hydrogen-bond acceptors (Lipinski definition) is 4. The first kappa shape index (κ1) is 25.6. The van der Waals surface area contributed by atoms with E-state index in [9.17, 15) is 9.90 Å². The lowest BCUT2D eigenvalue weighted by Gasteiger charge is -2.46. The highest BCUT2D eigenvalue weighted by molar-refractivity contribution is 5.84. The first-order valence-corrected chi connectivity index (χ1v) is 14.5. The van der Waals surface area contributed by atoms with Crippen LogP contribution in [0.25, 0.3) is 11.0 Å². The molecule has 3 saturated heterocycles. The second kappa shape index (κ2) is 9.80. The van der Waals surface area contributed by atoms with E-state index in [1.54, 1.807) is 13.8 Å². The van der Waals surface area contributed by atoms with Crippen molar-refractivity contribution in [3.8, 4) is 0 Å². The highest BCUT2D eigenvalue weighted by atomic mass is 16.3. The van der Waals surface area contributed by atoms with Crippen molar-refractivity contribution in [2.45, 2.75) is 94.9 Å². The van der Waals surface area contributed by atoms with Gasteiger partial charge in [0.1, 0.15) is 11.4 Å². The van der Waals surface area contributed by atoms with E-state index in [4.69, 9.17) is 4.98 Å². The third kappa shape index (κ3) is 4.56. The Morgan fingerprint density at radius 1 is 0.974 bits per heavy atom. The maximum Gasteiger partial charge on any atom is 0.253 e. The Kier molecular flexibility index (Phi) is 6.59. The van der Waals surface area contributed by atoms with Crippen molar-refractivity contribution >= 4 is 16.9 Å². The molecule has 38 heavy (non-hydrogen) atoms. The average molecular weight is 515 g/mol. The summed E-state index contributed by atoms with van der Waals surface area (Å²) >= 11 is 0. The SMILES string of the molecule is Cc1nc2ccccc2n1C1C[C@H]2CC[C@@H](C1)N2CCC1(c2ccccc2)CCN(C(=O)C(C)(C)O)CC1. The second-order valence-corrected chi connectivity index (χ2v) is 12.5. The molecule has 3 aromatic rings. The zero-order chi connectivity index (χ0) is 26.5. The van der Waals surface area contributed by atoms with Crippen molar-refractivity contribution in [2.75, 3.05) is 19.6 Å². The zero-order valence-corrected chi connectivity index (χ0v) is 23.1. The second-order valence-electron chi connectivity index (χ2n) is 12.5. The minimum atomic E-state index is -1.31. The lowest BCUT2D eigenvalue weighted by molar-refractivity contribution is -0.149. The number of carbonyl (C=O) groups excluding carboxylic acids is 1. The molecule has 3 fully saturated rings. The molecular weight excluding hydrogens is 472 g/mol. The molecular formula is C32H42N4O2. The molecule has 2 aromatic carbocycles. The van der Waals surface area contributed by atoms with Crippen molar-refractivity contribution in [1.82, 2.24) is 19.4 Å². The maximum absolute atomic E-state index is 12.8. The molecule has 3 aliphatic heterocycles.